The molecule has 0 aliphatic heterocycles. The van der Waals surface area contributed by atoms with Crippen LogP contribution in [0.1, 0.15) is 35.8 Å². The van der Waals surface area contributed by atoms with Gasteiger partial charge in [0.15, 0.2) is 0 Å². The van der Waals surface area contributed by atoms with Crippen LogP contribution >= 0.6 is 0 Å². The molecule has 126 valence electrons. The van der Waals surface area contributed by atoms with Crippen molar-refractivity contribution in [1.82, 2.24) is 24.8 Å². The molecule has 6 heteroatoms. The summed E-state index contributed by atoms with van der Waals surface area (Å²) in [6, 6.07) is 10.4. The fourth-order valence-electron chi connectivity index (χ4n) is 2.56. The van der Waals surface area contributed by atoms with Gasteiger partial charge in [-0.25, -0.2) is 0 Å². The average Bonchev–Trinajstić information content (AvgIpc) is 3.14. The van der Waals surface area contributed by atoms with Crippen LogP contribution in [0, 0.1) is 13.8 Å². The zero-order valence-corrected chi connectivity index (χ0v) is 14.8. The molecule has 0 aliphatic carbocycles. The van der Waals surface area contributed by atoms with E-state index in [1.165, 1.54) is 0 Å². The summed E-state index contributed by atoms with van der Waals surface area (Å²) in [7, 11) is 3.98. The maximum atomic E-state index is 5.40. The van der Waals surface area contributed by atoms with Gasteiger partial charge in [0.05, 0.1) is 18.3 Å². The van der Waals surface area contributed by atoms with E-state index in [1.807, 2.05) is 49.7 Å². The first-order valence-electron chi connectivity index (χ1n) is 8.04. The quantitative estimate of drug-likeness (QED) is 0.721. The van der Waals surface area contributed by atoms with Crippen LogP contribution in [0.2, 0.25) is 0 Å². The Kier molecular flexibility index (Phi) is 4.49. The van der Waals surface area contributed by atoms with Gasteiger partial charge in [-0.2, -0.15) is 10.1 Å². The molecule has 2 heterocycles. The molecule has 0 unspecified atom stereocenters. The van der Waals surface area contributed by atoms with Crippen LogP contribution in [0.15, 0.2) is 34.9 Å². The fourth-order valence-corrected chi connectivity index (χ4v) is 2.56. The van der Waals surface area contributed by atoms with Crippen LogP contribution in [-0.4, -0.2) is 38.9 Å². The van der Waals surface area contributed by atoms with Crippen LogP contribution < -0.4 is 0 Å². The van der Waals surface area contributed by atoms with Crippen molar-refractivity contribution in [1.29, 1.82) is 0 Å². The zero-order chi connectivity index (χ0) is 17.3. The van der Waals surface area contributed by atoms with Gasteiger partial charge < -0.3 is 4.52 Å². The second-order valence-corrected chi connectivity index (χ2v) is 6.38. The van der Waals surface area contributed by atoms with E-state index in [2.05, 4.69) is 40.4 Å². The highest BCUT2D eigenvalue weighted by atomic mass is 16.5. The summed E-state index contributed by atoms with van der Waals surface area (Å²) in [6.45, 7) is 6.84. The molecule has 3 aromatic rings. The van der Waals surface area contributed by atoms with Crippen LogP contribution in [0.5, 0.6) is 0 Å². The standard InChI is InChI=1S/C18H23N5O/c1-12-9-13(2)23(20-12)11-15-7-6-8-16(10-15)17-19-18(24-21-17)14(3)22(4)5/h6-10,14H,11H2,1-5H3/t14-/m0/s1. The summed E-state index contributed by atoms with van der Waals surface area (Å²) in [4.78, 5) is 6.57. The van der Waals surface area contributed by atoms with Crippen molar-refractivity contribution in [3.05, 3.63) is 53.2 Å². The van der Waals surface area contributed by atoms with Crippen molar-refractivity contribution in [3.8, 4) is 11.4 Å². The predicted molar refractivity (Wildman–Crippen MR) is 92.6 cm³/mol. The molecule has 1 atom stereocenters. The molecule has 0 N–H and O–H groups in total. The summed E-state index contributed by atoms with van der Waals surface area (Å²) in [5, 5.41) is 8.64. The minimum atomic E-state index is 0.0872. The number of benzene rings is 1. The van der Waals surface area contributed by atoms with E-state index in [9.17, 15) is 0 Å². The lowest BCUT2D eigenvalue weighted by molar-refractivity contribution is 0.245. The molecule has 0 bridgehead atoms. The molecular formula is C18H23N5O. The van der Waals surface area contributed by atoms with Gasteiger partial charge in [0.2, 0.25) is 11.7 Å². The van der Waals surface area contributed by atoms with Gasteiger partial charge in [0, 0.05) is 11.3 Å². The van der Waals surface area contributed by atoms with Crippen molar-refractivity contribution < 1.29 is 4.52 Å². The molecule has 0 fully saturated rings. The van der Waals surface area contributed by atoms with Crippen molar-refractivity contribution in [3.63, 3.8) is 0 Å². The lowest BCUT2D eigenvalue weighted by Gasteiger charge is -2.14. The Hall–Kier alpha value is -2.47. The van der Waals surface area contributed by atoms with Gasteiger partial charge in [0.1, 0.15) is 0 Å². The van der Waals surface area contributed by atoms with E-state index in [0.29, 0.717) is 11.7 Å². The Labute approximate surface area is 142 Å². The van der Waals surface area contributed by atoms with Crippen molar-refractivity contribution in [2.45, 2.75) is 33.4 Å². The number of hydrogen-bond acceptors (Lipinski definition) is 5. The van der Waals surface area contributed by atoms with Gasteiger partial charge in [-0.1, -0.05) is 23.4 Å². The lowest BCUT2D eigenvalue weighted by Crippen LogP contribution is -2.16. The summed E-state index contributed by atoms with van der Waals surface area (Å²) >= 11 is 0. The Bertz CT molecular complexity index is 834. The van der Waals surface area contributed by atoms with E-state index < -0.39 is 0 Å². The maximum absolute atomic E-state index is 5.40. The summed E-state index contributed by atoms with van der Waals surface area (Å²) in [5.41, 5.74) is 4.30. The van der Waals surface area contributed by atoms with Crippen molar-refractivity contribution >= 4 is 0 Å². The second-order valence-electron chi connectivity index (χ2n) is 6.38. The van der Waals surface area contributed by atoms with Crippen LogP contribution in [-0.2, 0) is 6.54 Å². The molecule has 0 saturated carbocycles. The Balaban J connectivity index is 1.84. The monoisotopic (exact) mass is 325 g/mol. The third-order valence-electron chi connectivity index (χ3n) is 4.19. The van der Waals surface area contributed by atoms with Crippen molar-refractivity contribution in [2.24, 2.45) is 0 Å². The largest absolute Gasteiger partial charge is 0.337 e. The van der Waals surface area contributed by atoms with Gasteiger partial charge in [-0.05, 0) is 52.6 Å². The highest BCUT2D eigenvalue weighted by Gasteiger charge is 2.17. The maximum Gasteiger partial charge on any atom is 0.244 e. The first kappa shape index (κ1) is 16.4. The third kappa shape index (κ3) is 3.38. The summed E-state index contributed by atoms with van der Waals surface area (Å²) < 4.78 is 7.41. The molecule has 3 rings (SSSR count). The molecule has 6 nitrogen and oxygen atoms in total. The molecule has 0 saturated heterocycles. The van der Waals surface area contributed by atoms with Crippen LogP contribution in [0.25, 0.3) is 11.4 Å². The number of hydrogen-bond donors (Lipinski definition) is 0. The van der Waals surface area contributed by atoms with Crippen LogP contribution in [0.4, 0.5) is 0 Å². The van der Waals surface area contributed by atoms with E-state index in [-0.39, 0.29) is 6.04 Å². The lowest BCUT2D eigenvalue weighted by atomic mass is 10.1. The van der Waals surface area contributed by atoms with Gasteiger partial charge in [-0.3, -0.25) is 9.58 Å². The minimum Gasteiger partial charge on any atom is -0.337 e. The third-order valence-corrected chi connectivity index (χ3v) is 4.19. The first-order chi connectivity index (χ1) is 11.4. The normalized spacial score (nSPS) is 12.8. The van der Waals surface area contributed by atoms with Gasteiger partial charge in [-0.15, -0.1) is 0 Å². The zero-order valence-electron chi connectivity index (χ0n) is 14.8. The molecule has 1 aromatic carbocycles. The first-order valence-corrected chi connectivity index (χ1v) is 8.04. The number of nitrogens with zero attached hydrogens (tertiary/aromatic N) is 5. The van der Waals surface area contributed by atoms with Crippen molar-refractivity contribution in [2.75, 3.05) is 14.1 Å². The minimum absolute atomic E-state index is 0.0872. The fraction of sp³-hybridized carbons (Fsp3) is 0.389. The molecule has 0 radical (unpaired) electrons. The Morgan fingerprint density at radius 1 is 1.21 bits per heavy atom. The number of aromatic nitrogens is 4. The number of rotatable bonds is 5. The van der Waals surface area contributed by atoms with Gasteiger partial charge in [0.25, 0.3) is 0 Å². The van der Waals surface area contributed by atoms with E-state index >= 15 is 0 Å². The van der Waals surface area contributed by atoms with E-state index in [4.69, 9.17) is 4.52 Å². The molecular weight excluding hydrogens is 302 g/mol. The smallest absolute Gasteiger partial charge is 0.244 e. The molecule has 0 spiro atoms. The Morgan fingerprint density at radius 2 is 2.00 bits per heavy atom. The number of aryl methyl sites for hydroxylation is 2. The molecule has 2 aromatic heterocycles. The summed E-state index contributed by atoms with van der Waals surface area (Å²) in [6.07, 6.45) is 0. The molecule has 0 aliphatic rings. The highest BCUT2D eigenvalue weighted by molar-refractivity contribution is 5.55. The van der Waals surface area contributed by atoms with Crippen LogP contribution in [0.3, 0.4) is 0 Å². The predicted octanol–water partition coefficient (Wildman–Crippen LogP) is 3.22. The Morgan fingerprint density at radius 3 is 2.67 bits per heavy atom. The topological polar surface area (TPSA) is 60.0 Å². The molecule has 0 amide bonds. The highest BCUT2D eigenvalue weighted by Crippen LogP contribution is 2.22. The molecule has 24 heavy (non-hydrogen) atoms. The van der Waals surface area contributed by atoms with E-state index in [0.717, 1.165) is 29.1 Å². The average molecular weight is 325 g/mol. The second kappa shape index (κ2) is 6.57. The SMILES string of the molecule is Cc1cc(C)n(Cc2cccc(-c3noc([C@H](C)N(C)C)n3)c2)n1. The van der Waals surface area contributed by atoms with E-state index in [1.54, 1.807) is 0 Å². The van der Waals surface area contributed by atoms with Gasteiger partial charge >= 0.3 is 0 Å². The summed E-state index contributed by atoms with van der Waals surface area (Å²) in [5.74, 6) is 1.24.